The summed E-state index contributed by atoms with van der Waals surface area (Å²) >= 11 is 6.54. The molecule has 160 valence electrons. The summed E-state index contributed by atoms with van der Waals surface area (Å²) in [7, 11) is 0. The van der Waals surface area contributed by atoms with Crippen molar-refractivity contribution in [1.29, 1.82) is 0 Å². The number of hydrogen-bond donors (Lipinski definition) is 2. The Morgan fingerprint density at radius 3 is 2.50 bits per heavy atom. The number of benzene rings is 2. The standard InChI is InChI=1S/C25H22ClN5O/c26-19-14-17(13-16-9-6-12-28-20(16)19)22-21(15-7-2-1-3-8-15)31-24(27)23(30-22)25(32)29-18-10-4-5-11-18/h1-3,6-9,12-14,18H,4-5,10-11H2,(H2,27,31)(H,29,32). The molecule has 7 heteroatoms. The number of anilines is 1. The fraction of sp³-hybridized carbons (Fsp3) is 0.200. The second-order valence-corrected chi connectivity index (χ2v) is 8.42. The third kappa shape index (κ3) is 3.89. The molecule has 2 aromatic heterocycles. The SMILES string of the molecule is Nc1nc(-c2ccccc2)c(-c2cc(Cl)c3ncccc3c2)nc1C(=O)NC1CCCC1. The van der Waals surface area contributed by atoms with Crippen molar-refractivity contribution in [3.05, 3.63) is 71.5 Å². The summed E-state index contributed by atoms with van der Waals surface area (Å²) in [4.78, 5) is 26.7. The van der Waals surface area contributed by atoms with E-state index in [9.17, 15) is 4.79 Å². The van der Waals surface area contributed by atoms with Crippen LogP contribution in [-0.2, 0) is 0 Å². The van der Waals surface area contributed by atoms with Gasteiger partial charge < -0.3 is 11.1 Å². The summed E-state index contributed by atoms with van der Waals surface area (Å²) in [5, 5.41) is 4.44. The molecule has 1 fully saturated rings. The van der Waals surface area contributed by atoms with E-state index >= 15 is 0 Å². The van der Waals surface area contributed by atoms with Gasteiger partial charge in [-0.25, -0.2) is 9.97 Å². The summed E-state index contributed by atoms with van der Waals surface area (Å²) in [5.41, 5.74) is 9.82. The van der Waals surface area contributed by atoms with Gasteiger partial charge in [0, 0.05) is 28.8 Å². The minimum absolute atomic E-state index is 0.108. The van der Waals surface area contributed by atoms with Crippen molar-refractivity contribution in [1.82, 2.24) is 20.3 Å². The molecule has 1 aliphatic rings. The lowest BCUT2D eigenvalue weighted by Gasteiger charge is -2.16. The molecule has 1 saturated carbocycles. The summed E-state index contributed by atoms with van der Waals surface area (Å²) in [5.74, 6) is -0.187. The van der Waals surface area contributed by atoms with Crippen LogP contribution in [0.4, 0.5) is 5.82 Å². The van der Waals surface area contributed by atoms with Crippen molar-refractivity contribution in [3.8, 4) is 22.5 Å². The molecule has 0 spiro atoms. The zero-order valence-corrected chi connectivity index (χ0v) is 18.1. The Kier molecular flexibility index (Phi) is 5.45. The quantitative estimate of drug-likeness (QED) is 0.448. The molecule has 2 heterocycles. The molecule has 4 aromatic rings. The van der Waals surface area contributed by atoms with Gasteiger partial charge in [0.25, 0.3) is 5.91 Å². The third-order valence-corrected chi connectivity index (χ3v) is 6.10. The maximum absolute atomic E-state index is 13.0. The molecule has 0 aliphatic heterocycles. The first-order chi connectivity index (χ1) is 15.6. The van der Waals surface area contributed by atoms with E-state index in [4.69, 9.17) is 22.3 Å². The van der Waals surface area contributed by atoms with Gasteiger partial charge >= 0.3 is 0 Å². The highest BCUT2D eigenvalue weighted by molar-refractivity contribution is 6.35. The van der Waals surface area contributed by atoms with Gasteiger partial charge in [-0.1, -0.05) is 60.8 Å². The van der Waals surface area contributed by atoms with E-state index in [1.54, 1.807) is 6.20 Å². The summed E-state index contributed by atoms with van der Waals surface area (Å²) in [6.07, 6.45) is 5.89. The predicted octanol–water partition coefficient (Wildman–Crippen LogP) is 5.27. The molecule has 1 amide bonds. The topological polar surface area (TPSA) is 93.8 Å². The lowest BCUT2D eigenvalue weighted by molar-refractivity contribution is 0.0933. The van der Waals surface area contributed by atoms with Gasteiger partial charge in [0.05, 0.1) is 21.9 Å². The second-order valence-electron chi connectivity index (χ2n) is 8.01. The number of hydrogen-bond acceptors (Lipinski definition) is 5. The van der Waals surface area contributed by atoms with E-state index in [1.807, 2.05) is 54.6 Å². The van der Waals surface area contributed by atoms with Crippen LogP contribution >= 0.6 is 11.6 Å². The highest BCUT2D eigenvalue weighted by Crippen LogP contribution is 2.35. The molecular formula is C25H22ClN5O. The molecule has 0 bridgehead atoms. The maximum Gasteiger partial charge on any atom is 0.273 e. The Hall–Kier alpha value is -3.51. The van der Waals surface area contributed by atoms with Crippen LogP contribution in [0.5, 0.6) is 0 Å². The predicted molar refractivity (Wildman–Crippen MR) is 127 cm³/mol. The Labute approximate surface area is 190 Å². The summed E-state index contributed by atoms with van der Waals surface area (Å²) < 4.78 is 0. The number of carbonyl (C=O) groups is 1. The molecule has 1 aliphatic carbocycles. The number of halogens is 1. The number of rotatable bonds is 4. The highest BCUT2D eigenvalue weighted by atomic mass is 35.5. The second kappa shape index (κ2) is 8.55. The van der Waals surface area contributed by atoms with Crippen molar-refractivity contribution < 1.29 is 4.79 Å². The lowest BCUT2D eigenvalue weighted by Crippen LogP contribution is -2.34. The van der Waals surface area contributed by atoms with E-state index < -0.39 is 0 Å². The summed E-state index contributed by atoms with van der Waals surface area (Å²) in [6.45, 7) is 0. The number of pyridine rings is 1. The van der Waals surface area contributed by atoms with Crippen LogP contribution in [0.3, 0.4) is 0 Å². The molecule has 0 atom stereocenters. The summed E-state index contributed by atoms with van der Waals surface area (Å²) in [6, 6.07) is 17.4. The van der Waals surface area contributed by atoms with Gasteiger partial charge in [-0.05, 0) is 31.0 Å². The van der Waals surface area contributed by atoms with Crippen LogP contribution < -0.4 is 11.1 Å². The zero-order chi connectivity index (χ0) is 22.1. The highest BCUT2D eigenvalue weighted by Gasteiger charge is 2.24. The average Bonchev–Trinajstić information content (AvgIpc) is 3.32. The first-order valence-corrected chi connectivity index (χ1v) is 11.1. The van der Waals surface area contributed by atoms with Crippen LogP contribution in [0, 0.1) is 0 Å². The van der Waals surface area contributed by atoms with Gasteiger partial charge in [-0.2, -0.15) is 0 Å². The lowest BCUT2D eigenvalue weighted by atomic mass is 10.0. The fourth-order valence-corrected chi connectivity index (χ4v) is 4.50. The largest absolute Gasteiger partial charge is 0.382 e. The van der Waals surface area contributed by atoms with E-state index in [-0.39, 0.29) is 23.5 Å². The number of fused-ring (bicyclic) bond motifs is 1. The number of nitrogens with one attached hydrogen (secondary N) is 1. The molecule has 5 rings (SSSR count). The van der Waals surface area contributed by atoms with Gasteiger partial charge in [0.1, 0.15) is 0 Å². The molecular weight excluding hydrogens is 422 g/mol. The number of carbonyl (C=O) groups excluding carboxylic acids is 1. The van der Waals surface area contributed by atoms with E-state index in [2.05, 4.69) is 15.3 Å². The molecule has 0 unspecified atom stereocenters. The van der Waals surface area contributed by atoms with Crippen molar-refractivity contribution in [2.45, 2.75) is 31.7 Å². The molecule has 2 aromatic carbocycles. The minimum Gasteiger partial charge on any atom is -0.382 e. The smallest absolute Gasteiger partial charge is 0.273 e. The number of amides is 1. The van der Waals surface area contributed by atoms with Crippen molar-refractivity contribution >= 4 is 34.2 Å². The minimum atomic E-state index is -0.295. The van der Waals surface area contributed by atoms with Crippen LogP contribution in [0.2, 0.25) is 5.02 Å². The Morgan fingerprint density at radius 2 is 1.72 bits per heavy atom. The van der Waals surface area contributed by atoms with Gasteiger partial charge in [-0.15, -0.1) is 0 Å². The Balaban J connectivity index is 1.67. The van der Waals surface area contributed by atoms with Gasteiger partial charge in [0.15, 0.2) is 11.5 Å². The number of nitrogens with zero attached hydrogens (tertiary/aromatic N) is 3. The fourth-order valence-electron chi connectivity index (χ4n) is 4.22. The number of nitrogen functional groups attached to an aromatic ring is 1. The maximum atomic E-state index is 13.0. The van der Waals surface area contributed by atoms with Crippen molar-refractivity contribution in [2.24, 2.45) is 0 Å². The van der Waals surface area contributed by atoms with Crippen molar-refractivity contribution in [3.63, 3.8) is 0 Å². The average molecular weight is 444 g/mol. The van der Waals surface area contributed by atoms with Crippen LogP contribution in [0.1, 0.15) is 36.2 Å². The van der Waals surface area contributed by atoms with Crippen molar-refractivity contribution in [2.75, 3.05) is 5.73 Å². The van der Waals surface area contributed by atoms with Crippen LogP contribution in [0.25, 0.3) is 33.4 Å². The number of nitrogens with two attached hydrogens (primary N) is 1. The normalized spacial score (nSPS) is 14.0. The van der Waals surface area contributed by atoms with Gasteiger partial charge in [0.2, 0.25) is 0 Å². The number of aromatic nitrogens is 3. The Morgan fingerprint density at radius 1 is 0.969 bits per heavy atom. The molecule has 6 nitrogen and oxygen atoms in total. The third-order valence-electron chi connectivity index (χ3n) is 5.81. The first-order valence-electron chi connectivity index (χ1n) is 10.7. The molecule has 32 heavy (non-hydrogen) atoms. The van der Waals surface area contributed by atoms with Gasteiger partial charge in [-0.3, -0.25) is 9.78 Å². The molecule has 0 saturated heterocycles. The monoisotopic (exact) mass is 443 g/mol. The van der Waals surface area contributed by atoms with E-state index in [0.29, 0.717) is 21.9 Å². The first kappa shape index (κ1) is 20.4. The van der Waals surface area contributed by atoms with E-state index in [0.717, 1.165) is 42.2 Å². The molecule has 3 N–H and O–H groups in total. The van der Waals surface area contributed by atoms with E-state index in [1.165, 1.54) is 0 Å². The van der Waals surface area contributed by atoms with Crippen LogP contribution in [-0.4, -0.2) is 26.9 Å². The zero-order valence-electron chi connectivity index (χ0n) is 17.4. The Bertz CT molecular complexity index is 1300. The molecule has 0 radical (unpaired) electrons. The van der Waals surface area contributed by atoms with Crippen LogP contribution in [0.15, 0.2) is 60.8 Å².